The van der Waals surface area contributed by atoms with Crippen molar-refractivity contribution in [1.29, 1.82) is 5.26 Å². The normalized spacial score (nSPS) is 11.7. The van der Waals surface area contributed by atoms with E-state index in [4.69, 9.17) is 10.4 Å². The Morgan fingerprint density at radius 1 is 0.833 bits per heavy atom. The molecule has 0 spiro atoms. The Balaban J connectivity index is 1.32. The van der Waals surface area contributed by atoms with Gasteiger partial charge in [-0.2, -0.15) is 0 Å². The van der Waals surface area contributed by atoms with Gasteiger partial charge in [-0.15, -0.1) is 0 Å². The number of hydrogen-bond acceptors (Lipinski definition) is 3. The first-order valence-corrected chi connectivity index (χ1v) is 13.8. The molecule has 0 unspecified atom stereocenters. The monoisotopic (exact) mass is 550 g/mol. The van der Waals surface area contributed by atoms with Crippen molar-refractivity contribution in [1.82, 2.24) is 4.57 Å². The fourth-order valence-electron chi connectivity index (χ4n) is 4.45. The van der Waals surface area contributed by atoms with Crippen molar-refractivity contribution in [3.63, 3.8) is 0 Å². The summed E-state index contributed by atoms with van der Waals surface area (Å²) in [5, 5.41) is 20.6. The molecule has 0 atom stereocenters. The van der Waals surface area contributed by atoms with Crippen LogP contribution in [0.25, 0.3) is 53.3 Å². The van der Waals surface area contributed by atoms with Gasteiger partial charge in [0, 0.05) is 0 Å². The molecule has 172 valence electrons. The van der Waals surface area contributed by atoms with Gasteiger partial charge in [-0.25, -0.2) is 0 Å². The van der Waals surface area contributed by atoms with Crippen LogP contribution in [0.15, 0.2) is 103 Å². The van der Waals surface area contributed by atoms with E-state index in [1.165, 1.54) is 42.1 Å². The summed E-state index contributed by atoms with van der Waals surface area (Å²) in [7, 11) is 0. The third-order valence-electron chi connectivity index (χ3n) is 6.10. The summed E-state index contributed by atoms with van der Waals surface area (Å²) >= 11 is 1.70. The van der Waals surface area contributed by atoms with Gasteiger partial charge in [0.1, 0.15) is 0 Å². The van der Waals surface area contributed by atoms with Gasteiger partial charge >= 0.3 is 206 Å². The van der Waals surface area contributed by atoms with Crippen LogP contribution < -0.4 is 0 Å². The molecule has 3 aromatic carbocycles. The fraction of sp³-hybridized carbons (Fsp3) is 0. The van der Waals surface area contributed by atoms with Crippen molar-refractivity contribution in [3.05, 3.63) is 107 Å². The second-order valence-electron chi connectivity index (χ2n) is 8.26. The molecule has 4 nitrogen and oxygen atoms in total. The maximum absolute atomic E-state index is 11.1. The molecule has 0 fully saturated rings. The van der Waals surface area contributed by atoms with Gasteiger partial charge in [0.2, 0.25) is 0 Å². The number of nitrogens with zero attached hydrogens (tertiary/aromatic N) is 2. The van der Waals surface area contributed by atoms with E-state index in [1.54, 1.807) is 17.4 Å². The van der Waals surface area contributed by atoms with Crippen LogP contribution in [-0.2, 0) is 4.79 Å². The molecule has 6 heteroatoms. The predicted molar refractivity (Wildman–Crippen MR) is 148 cm³/mol. The van der Waals surface area contributed by atoms with Gasteiger partial charge in [0.15, 0.2) is 0 Å². The number of carboxylic acid groups (broad SMARTS) is 1. The Hall–Kier alpha value is -4.14. The third-order valence-corrected chi connectivity index (χ3v) is 9.80. The molecule has 0 radical (unpaired) electrons. The SMILES string of the molecule is N#C/C(=C/c1ccc(-c2ccc(-c3ccc(-n4c5ccccc5c5ccccc54)cc3)s2)[se]1)C(=O)O. The summed E-state index contributed by atoms with van der Waals surface area (Å²) in [5.41, 5.74) is 4.45. The summed E-state index contributed by atoms with van der Waals surface area (Å²) in [6.45, 7) is 0. The van der Waals surface area contributed by atoms with Crippen LogP contribution in [0.1, 0.15) is 4.44 Å². The molecule has 0 saturated heterocycles. The summed E-state index contributed by atoms with van der Waals surface area (Å²) in [6, 6.07) is 35.6. The van der Waals surface area contributed by atoms with E-state index in [1.807, 2.05) is 12.1 Å². The van der Waals surface area contributed by atoms with Crippen LogP contribution in [0, 0.1) is 11.3 Å². The van der Waals surface area contributed by atoms with E-state index >= 15 is 0 Å². The minimum atomic E-state index is -1.19. The van der Waals surface area contributed by atoms with Crippen molar-refractivity contribution in [3.8, 4) is 31.5 Å². The molecule has 0 saturated carbocycles. The first kappa shape index (κ1) is 22.3. The first-order chi connectivity index (χ1) is 17.6. The molecule has 1 N–H and O–H groups in total. The van der Waals surface area contributed by atoms with E-state index in [0.29, 0.717) is 0 Å². The van der Waals surface area contributed by atoms with Crippen LogP contribution in [-0.4, -0.2) is 30.1 Å². The molecule has 36 heavy (non-hydrogen) atoms. The summed E-state index contributed by atoms with van der Waals surface area (Å²) in [6.07, 6.45) is 1.48. The molecule has 3 aromatic heterocycles. The van der Waals surface area contributed by atoms with Gasteiger partial charge < -0.3 is 0 Å². The van der Waals surface area contributed by atoms with Crippen molar-refractivity contribution >= 4 is 59.7 Å². The second-order valence-corrected chi connectivity index (χ2v) is 11.7. The van der Waals surface area contributed by atoms with E-state index < -0.39 is 5.97 Å². The van der Waals surface area contributed by atoms with Crippen LogP contribution in [0.4, 0.5) is 0 Å². The first-order valence-electron chi connectivity index (χ1n) is 11.3. The molecule has 0 amide bonds. The number of para-hydroxylation sites is 2. The van der Waals surface area contributed by atoms with E-state index in [2.05, 4.69) is 89.5 Å². The molecular formula is C30H18N2O2SSe. The van der Waals surface area contributed by atoms with Gasteiger partial charge in [0.05, 0.1) is 0 Å². The van der Waals surface area contributed by atoms with Crippen molar-refractivity contribution in [2.75, 3.05) is 0 Å². The molecule has 3 heterocycles. The topological polar surface area (TPSA) is 66.0 Å². The number of carboxylic acids is 1. The van der Waals surface area contributed by atoms with Gasteiger partial charge in [-0.05, 0) is 0 Å². The molecule has 0 aliphatic carbocycles. The number of aromatic nitrogens is 1. The van der Waals surface area contributed by atoms with Crippen molar-refractivity contribution < 1.29 is 9.90 Å². The zero-order valence-electron chi connectivity index (χ0n) is 18.9. The standard InChI is InChI=1S/C30H18N2O2SSe/c31-18-20(30(33)34)17-22-13-16-29(36-22)28-15-14-27(35-28)19-9-11-21(12-10-19)32-25-7-3-1-5-23(25)24-6-2-4-8-26(24)32/h1-17H,(H,33,34)/b20-17-. The van der Waals surface area contributed by atoms with Gasteiger partial charge in [-0.3, -0.25) is 0 Å². The zero-order chi connectivity index (χ0) is 24.6. The van der Waals surface area contributed by atoms with Crippen LogP contribution >= 0.6 is 11.3 Å². The van der Waals surface area contributed by atoms with Gasteiger partial charge in [-0.1, -0.05) is 12.1 Å². The van der Waals surface area contributed by atoms with Crippen LogP contribution in [0.2, 0.25) is 0 Å². The second kappa shape index (κ2) is 9.14. The van der Waals surface area contributed by atoms with E-state index in [-0.39, 0.29) is 20.1 Å². The van der Waals surface area contributed by atoms with Crippen molar-refractivity contribution in [2.24, 2.45) is 0 Å². The number of nitriles is 1. The maximum atomic E-state index is 11.1. The number of benzene rings is 3. The number of fused-ring (bicyclic) bond motifs is 3. The molecule has 6 rings (SSSR count). The number of hydrogen-bond donors (Lipinski definition) is 1. The Kier molecular flexibility index (Phi) is 5.67. The third kappa shape index (κ3) is 3.90. The Labute approximate surface area is 217 Å². The van der Waals surface area contributed by atoms with Crippen LogP contribution in [0.3, 0.4) is 0 Å². The molecule has 0 aliphatic rings. The molecular weight excluding hydrogens is 531 g/mol. The number of aliphatic carboxylic acids is 1. The number of rotatable bonds is 5. The number of carbonyl (C=O) groups is 1. The molecule has 0 bridgehead atoms. The average molecular weight is 550 g/mol. The molecule has 0 aliphatic heterocycles. The van der Waals surface area contributed by atoms with E-state index in [9.17, 15) is 4.79 Å². The Morgan fingerprint density at radius 2 is 1.47 bits per heavy atom. The number of thiophene rings is 1. The van der Waals surface area contributed by atoms with Gasteiger partial charge in [0.25, 0.3) is 0 Å². The Morgan fingerprint density at radius 3 is 2.11 bits per heavy atom. The van der Waals surface area contributed by atoms with Crippen molar-refractivity contribution in [2.45, 2.75) is 0 Å². The van der Waals surface area contributed by atoms with Crippen LogP contribution in [0.5, 0.6) is 0 Å². The minimum absolute atomic E-state index is 0.0277. The predicted octanol–water partition coefficient (Wildman–Crippen LogP) is 7.23. The quantitative estimate of drug-likeness (QED) is 0.140. The summed E-state index contributed by atoms with van der Waals surface area (Å²) in [4.78, 5) is 13.5. The Bertz CT molecular complexity index is 1780. The van der Waals surface area contributed by atoms with E-state index in [0.717, 1.165) is 15.7 Å². The fourth-order valence-corrected chi connectivity index (χ4v) is 7.69. The molecule has 6 aromatic rings. The summed E-state index contributed by atoms with van der Waals surface area (Å²) in [5.74, 6) is -1.19. The average Bonchev–Trinajstić information content (AvgIpc) is 3.65. The zero-order valence-corrected chi connectivity index (χ0v) is 21.4. The summed E-state index contributed by atoms with van der Waals surface area (Å²) < 4.78 is 4.39.